The summed E-state index contributed by atoms with van der Waals surface area (Å²) in [5, 5.41) is 0.178. The third-order valence-electron chi connectivity index (χ3n) is 2.69. The first-order chi connectivity index (χ1) is 8.31. The molecule has 3 heteroatoms. The van der Waals surface area contributed by atoms with Crippen molar-refractivity contribution < 1.29 is 4.42 Å². The van der Waals surface area contributed by atoms with E-state index in [1.807, 2.05) is 30.3 Å². The van der Waals surface area contributed by atoms with E-state index in [-0.39, 0.29) is 11.3 Å². The highest BCUT2D eigenvalue weighted by atomic mass is 32.2. The van der Waals surface area contributed by atoms with Gasteiger partial charge >= 0.3 is 0 Å². The Morgan fingerprint density at radius 2 is 1.94 bits per heavy atom. The molecule has 0 spiro atoms. The maximum absolute atomic E-state index is 6.18. The van der Waals surface area contributed by atoms with Crippen LogP contribution in [0.5, 0.6) is 0 Å². The fraction of sp³-hybridized carbons (Fsp3) is 0.286. The number of thioether (sulfide) groups is 1. The smallest absolute Gasteiger partial charge is 0.118 e. The van der Waals surface area contributed by atoms with Crippen molar-refractivity contribution in [2.75, 3.05) is 0 Å². The predicted molar refractivity (Wildman–Crippen MR) is 72.0 cm³/mol. The van der Waals surface area contributed by atoms with E-state index < -0.39 is 0 Å². The molecule has 2 aromatic rings. The molecule has 0 amide bonds. The Labute approximate surface area is 106 Å². The van der Waals surface area contributed by atoms with E-state index in [9.17, 15) is 0 Å². The molecule has 2 unspecified atom stereocenters. The fourth-order valence-electron chi connectivity index (χ4n) is 1.67. The maximum atomic E-state index is 6.18. The van der Waals surface area contributed by atoms with E-state index >= 15 is 0 Å². The first-order valence-corrected chi connectivity index (χ1v) is 6.70. The van der Waals surface area contributed by atoms with Gasteiger partial charge in [-0.25, -0.2) is 0 Å². The Morgan fingerprint density at radius 3 is 2.53 bits per heavy atom. The van der Waals surface area contributed by atoms with E-state index in [0.717, 1.165) is 12.2 Å². The summed E-state index contributed by atoms with van der Waals surface area (Å²) in [7, 11) is 0. The molecule has 90 valence electrons. The molecule has 0 aliphatic carbocycles. The fourth-order valence-corrected chi connectivity index (χ4v) is 2.89. The van der Waals surface area contributed by atoms with E-state index in [1.54, 1.807) is 18.0 Å². The molecule has 2 N–H and O–H groups in total. The van der Waals surface area contributed by atoms with Gasteiger partial charge in [0.15, 0.2) is 0 Å². The number of nitrogens with two attached hydrogens (primary N) is 1. The minimum atomic E-state index is 0.103. The zero-order chi connectivity index (χ0) is 12.1. The van der Waals surface area contributed by atoms with Gasteiger partial charge in [0.1, 0.15) is 5.76 Å². The van der Waals surface area contributed by atoms with Crippen LogP contribution in [-0.2, 0) is 0 Å². The second-order valence-corrected chi connectivity index (χ2v) is 5.15. The first kappa shape index (κ1) is 12.3. The van der Waals surface area contributed by atoms with Crippen molar-refractivity contribution in [3.63, 3.8) is 0 Å². The molecular formula is C14H17NOS. The van der Waals surface area contributed by atoms with Crippen LogP contribution in [0.2, 0.25) is 0 Å². The van der Waals surface area contributed by atoms with Gasteiger partial charge in [-0.05, 0) is 30.7 Å². The topological polar surface area (TPSA) is 39.2 Å². The molecule has 1 aromatic heterocycles. The van der Waals surface area contributed by atoms with Gasteiger partial charge in [0.05, 0.1) is 11.5 Å². The van der Waals surface area contributed by atoms with Crippen LogP contribution in [0.3, 0.4) is 0 Å². The molecule has 1 heterocycles. The quantitative estimate of drug-likeness (QED) is 0.816. The highest BCUT2D eigenvalue weighted by Gasteiger charge is 2.22. The summed E-state index contributed by atoms with van der Waals surface area (Å²) in [4.78, 5) is 1.22. The van der Waals surface area contributed by atoms with Crippen molar-refractivity contribution >= 4 is 11.8 Å². The second-order valence-electron chi connectivity index (χ2n) is 3.94. The SMILES string of the molecule is CCC(N)C(Sc1ccccc1)c1ccco1. The summed E-state index contributed by atoms with van der Waals surface area (Å²) in [6.45, 7) is 2.10. The molecule has 2 rings (SSSR count). The van der Waals surface area contributed by atoms with E-state index in [4.69, 9.17) is 10.2 Å². The number of hydrogen-bond donors (Lipinski definition) is 1. The average molecular weight is 247 g/mol. The zero-order valence-corrected chi connectivity index (χ0v) is 10.7. The Morgan fingerprint density at radius 1 is 1.18 bits per heavy atom. The van der Waals surface area contributed by atoms with Crippen LogP contribution in [0.4, 0.5) is 0 Å². The van der Waals surface area contributed by atoms with Gasteiger partial charge in [0.25, 0.3) is 0 Å². The van der Waals surface area contributed by atoms with Crippen molar-refractivity contribution in [1.82, 2.24) is 0 Å². The van der Waals surface area contributed by atoms with Gasteiger partial charge in [-0.2, -0.15) is 0 Å². The van der Waals surface area contributed by atoms with Gasteiger partial charge in [0, 0.05) is 10.9 Å². The maximum Gasteiger partial charge on any atom is 0.118 e. The molecular weight excluding hydrogens is 230 g/mol. The largest absolute Gasteiger partial charge is 0.468 e. The average Bonchev–Trinajstić information content (AvgIpc) is 2.90. The van der Waals surface area contributed by atoms with Crippen LogP contribution >= 0.6 is 11.8 Å². The van der Waals surface area contributed by atoms with Gasteiger partial charge in [-0.15, -0.1) is 11.8 Å². The van der Waals surface area contributed by atoms with Crippen LogP contribution in [0.25, 0.3) is 0 Å². The zero-order valence-electron chi connectivity index (χ0n) is 9.87. The Kier molecular flexibility index (Phi) is 4.29. The van der Waals surface area contributed by atoms with Crippen LogP contribution in [0.15, 0.2) is 58.0 Å². The van der Waals surface area contributed by atoms with Crippen LogP contribution in [-0.4, -0.2) is 6.04 Å². The minimum Gasteiger partial charge on any atom is -0.468 e. The molecule has 0 aliphatic rings. The number of furan rings is 1. The van der Waals surface area contributed by atoms with Crippen molar-refractivity contribution in [2.45, 2.75) is 29.5 Å². The molecule has 1 aromatic carbocycles. The second kappa shape index (κ2) is 5.94. The summed E-state index contributed by atoms with van der Waals surface area (Å²) >= 11 is 1.76. The molecule has 0 radical (unpaired) electrons. The molecule has 0 saturated carbocycles. The van der Waals surface area contributed by atoms with Crippen LogP contribution in [0.1, 0.15) is 24.4 Å². The lowest BCUT2D eigenvalue weighted by Gasteiger charge is -2.20. The molecule has 0 aliphatic heterocycles. The number of benzene rings is 1. The minimum absolute atomic E-state index is 0.103. The van der Waals surface area contributed by atoms with Crippen molar-refractivity contribution in [3.05, 3.63) is 54.5 Å². The summed E-state index contributed by atoms with van der Waals surface area (Å²) in [6.07, 6.45) is 2.64. The van der Waals surface area contributed by atoms with Gasteiger partial charge in [0.2, 0.25) is 0 Å². The lowest BCUT2D eigenvalue weighted by Crippen LogP contribution is -2.25. The standard InChI is InChI=1S/C14H17NOS/c1-2-12(15)14(13-9-6-10-16-13)17-11-7-4-3-5-8-11/h3-10,12,14H,2,15H2,1H3. The number of hydrogen-bond acceptors (Lipinski definition) is 3. The molecule has 2 nitrogen and oxygen atoms in total. The highest BCUT2D eigenvalue weighted by Crippen LogP contribution is 2.37. The Bertz CT molecular complexity index is 427. The summed E-state index contributed by atoms with van der Waals surface area (Å²) in [5.74, 6) is 0.952. The number of rotatable bonds is 5. The van der Waals surface area contributed by atoms with Crippen molar-refractivity contribution in [3.8, 4) is 0 Å². The summed E-state index contributed by atoms with van der Waals surface area (Å²) in [6, 6.07) is 14.3. The highest BCUT2D eigenvalue weighted by molar-refractivity contribution is 7.99. The molecule has 2 atom stereocenters. The Balaban J connectivity index is 2.17. The predicted octanol–water partition coefficient (Wildman–Crippen LogP) is 3.85. The lowest BCUT2D eigenvalue weighted by atomic mass is 10.1. The van der Waals surface area contributed by atoms with Gasteiger partial charge < -0.3 is 10.2 Å². The van der Waals surface area contributed by atoms with Crippen molar-refractivity contribution in [1.29, 1.82) is 0 Å². The first-order valence-electron chi connectivity index (χ1n) is 5.82. The van der Waals surface area contributed by atoms with Crippen LogP contribution < -0.4 is 5.73 Å². The molecule has 0 saturated heterocycles. The van der Waals surface area contributed by atoms with E-state index in [2.05, 4.69) is 19.1 Å². The van der Waals surface area contributed by atoms with Gasteiger partial charge in [-0.3, -0.25) is 0 Å². The normalized spacial score (nSPS) is 14.5. The van der Waals surface area contributed by atoms with Crippen LogP contribution in [0, 0.1) is 0 Å². The third kappa shape index (κ3) is 3.14. The Hall–Kier alpha value is -1.19. The third-order valence-corrected chi connectivity index (χ3v) is 4.07. The summed E-state index contributed by atoms with van der Waals surface area (Å²) < 4.78 is 5.49. The lowest BCUT2D eigenvalue weighted by molar-refractivity contribution is 0.474. The summed E-state index contributed by atoms with van der Waals surface area (Å²) in [5.41, 5.74) is 6.18. The molecule has 0 fully saturated rings. The monoisotopic (exact) mass is 247 g/mol. The van der Waals surface area contributed by atoms with E-state index in [0.29, 0.717) is 0 Å². The molecule has 0 bridgehead atoms. The van der Waals surface area contributed by atoms with Crippen molar-refractivity contribution in [2.24, 2.45) is 5.73 Å². The van der Waals surface area contributed by atoms with E-state index in [1.165, 1.54) is 4.90 Å². The molecule has 17 heavy (non-hydrogen) atoms. The van der Waals surface area contributed by atoms with Gasteiger partial charge in [-0.1, -0.05) is 25.1 Å².